The molecule has 2 heterocycles. The number of aromatic amines is 1. The molecule has 0 spiro atoms. The fraction of sp³-hybridized carbons (Fsp3) is 0.400. The Hall–Kier alpha value is -2.45. The molecule has 2 N–H and O–H groups in total. The third-order valence-electron chi connectivity index (χ3n) is 4.92. The molecule has 1 fully saturated rings. The van der Waals surface area contributed by atoms with Crippen LogP contribution in [0.15, 0.2) is 41.4 Å². The number of hydrogen-bond donors (Lipinski definition) is 2. The minimum absolute atomic E-state index is 0.133. The third kappa shape index (κ3) is 4.34. The van der Waals surface area contributed by atoms with Crippen molar-refractivity contribution in [3.8, 4) is 0 Å². The van der Waals surface area contributed by atoms with Gasteiger partial charge in [-0.3, -0.25) is 9.59 Å². The number of nitrogens with zero attached hydrogens (tertiary/aromatic N) is 1. The fourth-order valence-electron chi connectivity index (χ4n) is 3.59. The number of ketones is 1. The van der Waals surface area contributed by atoms with Crippen LogP contribution in [0.4, 0.5) is 5.69 Å². The van der Waals surface area contributed by atoms with Crippen LogP contribution >= 0.6 is 0 Å². The molecule has 0 saturated carbocycles. The number of hydrogen-bond acceptors (Lipinski definition) is 4. The number of nitrogens with one attached hydrogen (secondary N) is 2. The van der Waals surface area contributed by atoms with Crippen molar-refractivity contribution in [2.75, 3.05) is 18.4 Å². The third-order valence-corrected chi connectivity index (χ3v) is 6.77. The number of benzene rings is 1. The van der Waals surface area contributed by atoms with Gasteiger partial charge in [0.2, 0.25) is 10.0 Å². The van der Waals surface area contributed by atoms with Crippen LogP contribution in [0.1, 0.15) is 48.0 Å². The minimum atomic E-state index is -3.55. The van der Waals surface area contributed by atoms with Crippen LogP contribution in [-0.4, -0.2) is 42.5 Å². The molecule has 0 aliphatic carbocycles. The molecule has 1 aliphatic rings. The number of carbonyl (C=O) groups excluding carboxylic acids is 2. The van der Waals surface area contributed by atoms with E-state index in [-0.39, 0.29) is 16.4 Å². The van der Waals surface area contributed by atoms with Crippen molar-refractivity contribution >= 4 is 27.4 Å². The van der Waals surface area contributed by atoms with E-state index < -0.39 is 15.9 Å². The van der Waals surface area contributed by atoms with E-state index in [0.29, 0.717) is 36.2 Å². The number of rotatable bonds is 5. The summed E-state index contributed by atoms with van der Waals surface area (Å²) in [4.78, 5) is 26.6. The Bertz CT molecular complexity index is 969. The zero-order valence-electron chi connectivity index (χ0n) is 16.2. The van der Waals surface area contributed by atoms with Crippen LogP contribution in [0.3, 0.4) is 0 Å². The van der Waals surface area contributed by atoms with Gasteiger partial charge < -0.3 is 10.3 Å². The maximum absolute atomic E-state index is 12.9. The van der Waals surface area contributed by atoms with Crippen LogP contribution in [0, 0.1) is 11.8 Å². The van der Waals surface area contributed by atoms with Crippen molar-refractivity contribution in [3.63, 3.8) is 0 Å². The lowest BCUT2D eigenvalue weighted by atomic mass is 9.94. The van der Waals surface area contributed by atoms with Crippen molar-refractivity contribution in [3.05, 3.63) is 47.8 Å². The topological polar surface area (TPSA) is 99.3 Å². The summed E-state index contributed by atoms with van der Waals surface area (Å²) in [5.41, 5.74) is 1.16. The van der Waals surface area contributed by atoms with E-state index in [1.807, 2.05) is 0 Å². The first kappa shape index (κ1) is 20.3. The minimum Gasteiger partial charge on any atom is -0.356 e. The number of aromatic nitrogens is 1. The summed E-state index contributed by atoms with van der Waals surface area (Å²) in [6, 6.07) is 7.62. The highest BCUT2D eigenvalue weighted by molar-refractivity contribution is 7.89. The molecule has 1 aliphatic heterocycles. The number of carbonyl (C=O) groups is 2. The fourth-order valence-corrected chi connectivity index (χ4v) is 5.27. The Balaban J connectivity index is 1.72. The second-order valence-corrected chi connectivity index (χ2v) is 9.54. The molecule has 1 aromatic heterocycles. The largest absolute Gasteiger partial charge is 0.356 e. The van der Waals surface area contributed by atoms with Crippen molar-refractivity contribution in [1.29, 1.82) is 0 Å². The Morgan fingerprint density at radius 3 is 2.25 bits per heavy atom. The average molecular weight is 404 g/mol. The summed E-state index contributed by atoms with van der Waals surface area (Å²) in [5, 5.41) is 2.69. The number of anilines is 1. The van der Waals surface area contributed by atoms with Crippen LogP contribution in [0.25, 0.3) is 0 Å². The molecule has 1 amide bonds. The number of Topliss-reactive ketones (excluding diaryl/α,β-unsaturated/α-hetero) is 1. The SMILES string of the molecule is CC(=O)c1c[nH]c(C(=O)Nc2ccc(S(=O)(=O)N3C[C@@H](C)C[C@H](C)C3)cc2)c1. The van der Waals surface area contributed by atoms with E-state index in [1.54, 1.807) is 16.4 Å². The molecule has 2 aromatic rings. The van der Waals surface area contributed by atoms with E-state index in [0.717, 1.165) is 6.42 Å². The Morgan fingerprint density at radius 1 is 1.11 bits per heavy atom. The monoisotopic (exact) mass is 403 g/mol. The summed E-state index contributed by atoms with van der Waals surface area (Å²) < 4.78 is 27.3. The van der Waals surface area contributed by atoms with E-state index in [9.17, 15) is 18.0 Å². The van der Waals surface area contributed by atoms with Crippen molar-refractivity contribution in [1.82, 2.24) is 9.29 Å². The number of H-pyrrole nitrogens is 1. The van der Waals surface area contributed by atoms with Crippen molar-refractivity contribution < 1.29 is 18.0 Å². The molecule has 3 rings (SSSR count). The predicted octanol–water partition coefficient (Wildman–Crippen LogP) is 3.14. The smallest absolute Gasteiger partial charge is 0.272 e. The lowest BCUT2D eigenvalue weighted by molar-refractivity contribution is 0.101. The Kier molecular flexibility index (Phi) is 5.71. The molecule has 0 bridgehead atoms. The summed E-state index contributed by atoms with van der Waals surface area (Å²) in [6.07, 6.45) is 2.51. The van der Waals surface area contributed by atoms with E-state index in [4.69, 9.17) is 0 Å². The van der Waals surface area contributed by atoms with Crippen molar-refractivity contribution in [2.45, 2.75) is 32.1 Å². The van der Waals surface area contributed by atoms with Gasteiger partial charge in [0.15, 0.2) is 5.78 Å². The van der Waals surface area contributed by atoms with Gasteiger partial charge in [-0.1, -0.05) is 13.8 Å². The van der Waals surface area contributed by atoms with Gasteiger partial charge in [-0.25, -0.2) is 8.42 Å². The molecule has 2 atom stereocenters. The Labute approximate surface area is 165 Å². The van der Waals surface area contributed by atoms with E-state index in [1.165, 1.54) is 31.3 Å². The van der Waals surface area contributed by atoms with Gasteiger partial charge in [0.1, 0.15) is 5.69 Å². The molecular weight excluding hydrogens is 378 g/mol. The summed E-state index contributed by atoms with van der Waals surface area (Å²) in [7, 11) is -3.55. The lowest BCUT2D eigenvalue weighted by Gasteiger charge is -2.34. The van der Waals surface area contributed by atoms with Crippen LogP contribution in [-0.2, 0) is 10.0 Å². The predicted molar refractivity (Wildman–Crippen MR) is 107 cm³/mol. The van der Waals surface area contributed by atoms with Gasteiger partial charge in [0, 0.05) is 30.5 Å². The first-order valence-corrected chi connectivity index (χ1v) is 10.7. The summed E-state index contributed by atoms with van der Waals surface area (Å²) in [6.45, 7) is 6.60. The molecular formula is C20H25N3O4S. The second kappa shape index (κ2) is 7.89. The standard InChI is InChI=1S/C20H25N3O4S/c1-13-8-14(2)12-23(11-13)28(26,27)18-6-4-17(5-7-18)22-20(25)19-9-16(10-21-19)15(3)24/h4-7,9-10,13-14,21H,8,11-12H2,1-3H3,(H,22,25)/t13-,14-/m0/s1. The zero-order chi connectivity index (χ0) is 20.5. The molecule has 7 nitrogen and oxygen atoms in total. The number of amides is 1. The average Bonchev–Trinajstić information content (AvgIpc) is 3.12. The highest BCUT2D eigenvalue weighted by atomic mass is 32.2. The zero-order valence-corrected chi connectivity index (χ0v) is 17.0. The number of sulfonamides is 1. The first-order chi connectivity index (χ1) is 13.2. The van der Waals surface area contributed by atoms with E-state index in [2.05, 4.69) is 24.1 Å². The highest BCUT2D eigenvalue weighted by Crippen LogP contribution is 2.27. The maximum atomic E-state index is 12.9. The summed E-state index contributed by atoms with van der Waals surface area (Å²) >= 11 is 0. The molecule has 0 unspecified atom stereocenters. The Morgan fingerprint density at radius 2 is 1.71 bits per heavy atom. The van der Waals surface area contributed by atoms with E-state index >= 15 is 0 Å². The molecule has 1 aromatic carbocycles. The van der Waals surface area contributed by atoms with Gasteiger partial charge in [-0.2, -0.15) is 4.31 Å². The van der Waals surface area contributed by atoms with Gasteiger partial charge >= 0.3 is 0 Å². The lowest BCUT2D eigenvalue weighted by Crippen LogP contribution is -2.42. The molecule has 150 valence electrons. The van der Waals surface area contributed by atoms with Crippen LogP contribution < -0.4 is 5.32 Å². The van der Waals surface area contributed by atoms with Gasteiger partial charge in [-0.15, -0.1) is 0 Å². The highest BCUT2D eigenvalue weighted by Gasteiger charge is 2.31. The van der Waals surface area contributed by atoms with Crippen LogP contribution in [0.2, 0.25) is 0 Å². The molecule has 1 saturated heterocycles. The normalized spacial score (nSPS) is 20.7. The first-order valence-electron chi connectivity index (χ1n) is 9.27. The molecule has 0 radical (unpaired) electrons. The van der Waals surface area contributed by atoms with Gasteiger partial charge in [-0.05, 0) is 55.5 Å². The quantitative estimate of drug-likeness (QED) is 0.749. The molecule has 28 heavy (non-hydrogen) atoms. The summed E-state index contributed by atoms with van der Waals surface area (Å²) in [5.74, 6) is 0.128. The maximum Gasteiger partial charge on any atom is 0.272 e. The van der Waals surface area contributed by atoms with Crippen LogP contribution in [0.5, 0.6) is 0 Å². The second-order valence-electron chi connectivity index (χ2n) is 7.60. The molecule has 8 heteroatoms. The van der Waals surface area contributed by atoms with Crippen molar-refractivity contribution in [2.24, 2.45) is 11.8 Å². The van der Waals surface area contributed by atoms with Gasteiger partial charge in [0.05, 0.1) is 4.90 Å². The van der Waals surface area contributed by atoms with Gasteiger partial charge in [0.25, 0.3) is 5.91 Å². The number of piperidine rings is 1.